The van der Waals surface area contributed by atoms with E-state index in [9.17, 15) is 8.78 Å². The minimum absolute atomic E-state index is 0.0327. The first-order valence-corrected chi connectivity index (χ1v) is 7.50. The molecule has 0 radical (unpaired) electrons. The van der Waals surface area contributed by atoms with E-state index in [0.29, 0.717) is 22.5 Å². The molecule has 0 aliphatic rings. The van der Waals surface area contributed by atoms with Gasteiger partial charge in [-0.3, -0.25) is 0 Å². The van der Waals surface area contributed by atoms with Crippen LogP contribution in [-0.4, -0.2) is 7.05 Å². The molecule has 0 fully saturated rings. The standard InChI is InChI=1S/C15H13BrClF2N/c1-20(9-10-3-2-4-12(17)5-10)15-13(18)6-11(8-16)7-14(15)19/h2-7H,8-9H2,1H3. The second-order valence-corrected chi connectivity index (χ2v) is 5.52. The number of nitrogens with zero attached hydrogens (tertiary/aromatic N) is 1. The Morgan fingerprint density at radius 2 is 1.75 bits per heavy atom. The third kappa shape index (κ3) is 3.49. The molecule has 2 aromatic carbocycles. The summed E-state index contributed by atoms with van der Waals surface area (Å²) in [4.78, 5) is 1.54. The molecular formula is C15H13BrClF2N. The highest BCUT2D eigenvalue weighted by molar-refractivity contribution is 9.08. The topological polar surface area (TPSA) is 3.24 Å². The highest BCUT2D eigenvalue weighted by atomic mass is 79.9. The van der Waals surface area contributed by atoms with E-state index in [1.165, 1.54) is 17.0 Å². The summed E-state index contributed by atoms with van der Waals surface area (Å²) in [6.07, 6.45) is 0. The summed E-state index contributed by atoms with van der Waals surface area (Å²) in [6, 6.07) is 9.89. The monoisotopic (exact) mass is 359 g/mol. The summed E-state index contributed by atoms with van der Waals surface area (Å²) in [5.74, 6) is -1.13. The number of hydrogen-bond acceptors (Lipinski definition) is 1. The SMILES string of the molecule is CN(Cc1cccc(Cl)c1)c1c(F)cc(CBr)cc1F. The zero-order chi connectivity index (χ0) is 14.7. The highest BCUT2D eigenvalue weighted by Crippen LogP contribution is 2.26. The van der Waals surface area contributed by atoms with Crippen LogP contribution >= 0.6 is 27.5 Å². The van der Waals surface area contributed by atoms with Crippen LogP contribution in [0.3, 0.4) is 0 Å². The molecule has 5 heteroatoms. The van der Waals surface area contributed by atoms with Crippen LogP contribution < -0.4 is 4.90 Å². The Bertz CT molecular complexity index is 596. The Kier molecular flexibility index (Phi) is 5.00. The van der Waals surface area contributed by atoms with Crippen molar-refractivity contribution in [2.24, 2.45) is 0 Å². The molecule has 0 atom stereocenters. The minimum Gasteiger partial charge on any atom is -0.366 e. The predicted octanol–water partition coefficient (Wildman–Crippen LogP) is 5.15. The van der Waals surface area contributed by atoms with Gasteiger partial charge in [-0.2, -0.15) is 0 Å². The van der Waals surface area contributed by atoms with Crippen molar-refractivity contribution in [2.45, 2.75) is 11.9 Å². The van der Waals surface area contributed by atoms with Crippen LogP contribution in [0.4, 0.5) is 14.5 Å². The Hall–Kier alpha value is -1.13. The predicted molar refractivity (Wildman–Crippen MR) is 82.5 cm³/mol. The van der Waals surface area contributed by atoms with Gasteiger partial charge in [0.1, 0.15) is 17.3 Å². The summed E-state index contributed by atoms with van der Waals surface area (Å²) >= 11 is 9.09. The van der Waals surface area contributed by atoms with Crippen molar-refractivity contribution >= 4 is 33.2 Å². The van der Waals surface area contributed by atoms with Gasteiger partial charge in [0.15, 0.2) is 0 Å². The Balaban J connectivity index is 2.27. The van der Waals surface area contributed by atoms with Gasteiger partial charge in [-0.25, -0.2) is 8.78 Å². The van der Waals surface area contributed by atoms with E-state index in [4.69, 9.17) is 11.6 Å². The van der Waals surface area contributed by atoms with Crippen LogP contribution in [0.1, 0.15) is 11.1 Å². The number of anilines is 1. The van der Waals surface area contributed by atoms with E-state index in [2.05, 4.69) is 15.9 Å². The number of halogens is 4. The van der Waals surface area contributed by atoms with Gasteiger partial charge in [-0.15, -0.1) is 0 Å². The van der Waals surface area contributed by atoms with Gasteiger partial charge in [0.25, 0.3) is 0 Å². The number of alkyl halides is 1. The van der Waals surface area contributed by atoms with Gasteiger partial charge in [0.2, 0.25) is 0 Å². The summed E-state index contributed by atoms with van der Waals surface area (Å²) in [5.41, 5.74) is 1.43. The zero-order valence-electron chi connectivity index (χ0n) is 10.8. The summed E-state index contributed by atoms with van der Waals surface area (Å²) < 4.78 is 28.0. The molecular weight excluding hydrogens is 348 g/mol. The first-order chi connectivity index (χ1) is 9.51. The molecule has 0 heterocycles. The summed E-state index contributed by atoms with van der Waals surface area (Å²) in [5, 5.41) is 1.02. The molecule has 0 amide bonds. The van der Waals surface area contributed by atoms with Gasteiger partial charge in [-0.05, 0) is 35.4 Å². The number of rotatable bonds is 4. The molecule has 2 rings (SSSR count). The van der Waals surface area contributed by atoms with E-state index in [0.717, 1.165) is 5.56 Å². The fraction of sp³-hybridized carbons (Fsp3) is 0.200. The maximum absolute atomic E-state index is 14.0. The fourth-order valence-corrected chi connectivity index (χ4v) is 2.58. The van der Waals surface area contributed by atoms with E-state index < -0.39 is 11.6 Å². The Morgan fingerprint density at radius 1 is 1.10 bits per heavy atom. The molecule has 0 saturated heterocycles. The second kappa shape index (κ2) is 6.55. The van der Waals surface area contributed by atoms with Crippen molar-refractivity contribution in [2.75, 3.05) is 11.9 Å². The van der Waals surface area contributed by atoms with Crippen LogP contribution in [0, 0.1) is 11.6 Å². The fourth-order valence-electron chi connectivity index (χ4n) is 2.05. The smallest absolute Gasteiger partial charge is 0.149 e. The first kappa shape index (κ1) is 15.3. The summed E-state index contributed by atoms with van der Waals surface area (Å²) in [7, 11) is 1.65. The van der Waals surface area contributed by atoms with Crippen LogP contribution in [0.15, 0.2) is 36.4 Å². The van der Waals surface area contributed by atoms with Crippen molar-refractivity contribution in [3.63, 3.8) is 0 Å². The zero-order valence-corrected chi connectivity index (χ0v) is 13.2. The third-order valence-corrected chi connectivity index (χ3v) is 3.80. The van der Waals surface area contributed by atoms with Crippen LogP contribution in [0.2, 0.25) is 5.02 Å². The van der Waals surface area contributed by atoms with Crippen LogP contribution in [0.25, 0.3) is 0 Å². The molecule has 0 spiro atoms. The van der Waals surface area contributed by atoms with Crippen molar-refractivity contribution in [3.05, 3.63) is 64.2 Å². The van der Waals surface area contributed by atoms with Crippen molar-refractivity contribution in [1.29, 1.82) is 0 Å². The second-order valence-electron chi connectivity index (χ2n) is 4.53. The maximum Gasteiger partial charge on any atom is 0.149 e. The van der Waals surface area contributed by atoms with Crippen LogP contribution in [-0.2, 0) is 11.9 Å². The maximum atomic E-state index is 14.0. The average Bonchev–Trinajstić information content (AvgIpc) is 2.37. The van der Waals surface area contributed by atoms with E-state index in [1.54, 1.807) is 19.2 Å². The van der Waals surface area contributed by atoms with E-state index >= 15 is 0 Å². The molecule has 0 aromatic heterocycles. The Labute approximate surface area is 130 Å². The van der Waals surface area contributed by atoms with Crippen molar-refractivity contribution in [3.8, 4) is 0 Å². The van der Waals surface area contributed by atoms with Crippen molar-refractivity contribution in [1.82, 2.24) is 0 Å². The summed E-state index contributed by atoms with van der Waals surface area (Å²) in [6.45, 7) is 0.377. The first-order valence-electron chi connectivity index (χ1n) is 6.00. The largest absolute Gasteiger partial charge is 0.366 e. The van der Waals surface area contributed by atoms with Crippen molar-refractivity contribution < 1.29 is 8.78 Å². The van der Waals surface area contributed by atoms with Gasteiger partial charge in [0, 0.05) is 23.9 Å². The molecule has 2 aromatic rings. The lowest BCUT2D eigenvalue weighted by Crippen LogP contribution is -2.19. The molecule has 0 bridgehead atoms. The van der Waals surface area contributed by atoms with E-state index in [-0.39, 0.29) is 5.69 Å². The molecule has 0 aliphatic carbocycles. The number of benzene rings is 2. The van der Waals surface area contributed by atoms with E-state index in [1.807, 2.05) is 12.1 Å². The third-order valence-electron chi connectivity index (χ3n) is 2.92. The molecule has 0 aliphatic heterocycles. The molecule has 0 saturated carbocycles. The molecule has 0 N–H and O–H groups in total. The lowest BCUT2D eigenvalue weighted by molar-refractivity contribution is 0.574. The lowest BCUT2D eigenvalue weighted by atomic mass is 10.1. The van der Waals surface area contributed by atoms with Gasteiger partial charge in [0.05, 0.1) is 0 Å². The van der Waals surface area contributed by atoms with Gasteiger partial charge in [-0.1, -0.05) is 39.7 Å². The molecule has 106 valence electrons. The molecule has 0 unspecified atom stereocenters. The quantitative estimate of drug-likeness (QED) is 0.682. The van der Waals surface area contributed by atoms with Gasteiger partial charge >= 0.3 is 0 Å². The molecule has 20 heavy (non-hydrogen) atoms. The van der Waals surface area contributed by atoms with Crippen LogP contribution in [0.5, 0.6) is 0 Å². The lowest BCUT2D eigenvalue weighted by Gasteiger charge is -2.21. The number of hydrogen-bond donors (Lipinski definition) is 0. The average molecular weight is 361 g/mol. The Morgan fingerprint density at radius 3 is 2.30 bits per heavy atom. The molecule has 1 nitrogen and oxygen atoms in total. The normalized spacial score (nSPS) is 10.7. The highest BCUT2D eigenvalue weighted by Gasteiger charge is 2.15. The van der Waals surface area contributed by atoms with Gasteiger partial charge < -0.3 is 4.90 Å². The minimum atomic E-state index is -0.566.